The second-order valence-electron chi connectivity index (χ2n) is 6.40. The highest BCUT2D eigenvalue weighted by Gasteiger charge is 2.17. The summed E-state index contributed by atoms with van der Waals surface area (Å²) in [7, 11) is 0. The van der Waals surface area contributed by atoms with Crippen molar-refractivity contribution in [2.24, 2.45) is 0 Å². The van der Waals surface area contributed by atoms with E-state index in [2.05, 4.69) is 10.6 Å². The second-order valence-corrected chi connectivity index (χ2v) is 6.40. The van der Waals surface area contributed by atoms with Crippen LogP contribution >= 0.6 is 0 Å². The average molecular weight is 408 g/mol. The van der Waals surface area contributed by atoms with Gasteiger partial charge in [-0.25, -0.2) is 9.59 Å². The van der Waals surface area contributed by atoms with Gasteiger partial charge in [-0.2, -0.15) is 0 Å². The number of fused-ring (bicyclic) bond motifs is 1. The van der Waals surface area contributed by atoms with Gasteiger partial charge in [0.25, 0.3) is 5.91 Å². The fourth-order valence-corrected chi connectivity index (χ4v) is 2.79. The van der Waals surface area contributed by atoms with Gasteiger partial charge in [0.1, 0.15) is 11.1 Å². The number of esters is 1. The van der Waals surface area contributed by atoms with E-state index in [9.17, 15) is 19.2 Å². The van der Waals surface area contributed by atoms with Crippen molar-refractivity contribution in [2.45, 2.75) is 13.3 Å². The zero-order valence-corrected chi connectivity index (χ0v) is 16.3. The Hall–Kier alpha value is -3.94. The number of carbonyl (C=O) groups is 3. The first-order chi connectivity index (χ1) is 14.5. The van der Waals surface area contributed by atoms with Crippen molar-refractivity contribution in [3.05, 3.63) is 76.1 Å². The average Bonchev–Trinajstić information content (AvgIpc) is 2.76. The number of para-hydroxylation sites is 2. The molecule has 0 saturated heterocycles. The molecule has 0 aliphatic rings. The van der Waals surface area contributed by atoms with Gasteiger partial charge in [-0.15, -0.1) is 0 Å². The van der Waals surface area contributed by atoms with Crippen molar-refractivity contribution in [1.29, 1.82) is 0 Å². The van der Waals surface area contributed by atoms with Gasteiger partial charge in [-0.3, -0.25) is 9.59 Å². The summed E-state index contributed by atoms with van der Waals surface area (Å²) in [5.41, 5.74) is 0.824. The topological polar surface area (TPSA) is 115 Å². The molecule has 0 fully saturated rings. The maximum Gasteiger partial charge on any atom is 0.351 e. The SMILES string of the molecule is CCc1ccccc1NC(=O)CNC(=O)COC(=O)c1cc2ccccc2oc1=O. The molecule has 3 aromatic rings. The van der Waals surface area contributed by atoms with Crippen molar-refractivity contribution < 1.29 is 23.5 Å². The summed E-state index contributed by atoms with van der Waals surface area (Å²) in [5.74, 6) is -2.07. The molecule has 0 unspecified atom stereocenters. The first-order valence-electron chi connectivity index (χ1n) is 9.32. The molecule has 0 aliphatic carbocycles. The third-order valence-corrected chi connectivity index (χ3v) is 4.31. The molecule has 0 bridgehead atoms. The molecule has 0 radical (unpaired) electrons. The van der Waals surface area contributed by atoms with Gasteiger partial charge >= 0.3 is 11.6 Å². The fraction of sp³-hybridized carbons (Fsp3) is 0.182. The van der Waals surface area contributed by atoms with Crippen LogP contribution in [0.2, 0.25) is 0 Å². The first-order valence-corrected chi connectivity index (χ1v) is 9.32. The van der Waals surface area contributed by atoms with Gasteiger partial charge < -0.3 is 19.8 Å². The fourth-order valence-electron chi connectivity index (χ4n) is 2.79. The number of hydrogen-bond acceptors (Lipinski definition) is 6. The molecule has 2 N–H and O–H groups in total. The van der Waals surface area contributed by atoms with Crippen molar-refractivity contribution in [1.82, 2.24) is 5.32 Å². The Morgan fingerprint density at radius 2 is 1.73 bits per heavy atom. The Morgan fingerprint density at radius 3 is 2.53 bits per heavy atom. The van der Waals surface area contributed by atoms with Crippen LogP contribution < -0.4 is 16.3 Å². The monoisotopic (exact) mass is 408 g/mol. The minimum absolute atomic E-state index is 0.285. The second kappa shape index (κ2) is 9.51. The number of anilines is 1. The zero-order valence-electron chi connectivity index (χ0n) is 16.3. The van der Waals surface area contributed by atoms with Gasteiger partial charge in [0, 0.05) is 11.1 Å². The molecule has 2 aromatic carbocycles. The van der Waals surface area contributed by atoms with Crippen LogP contribution in [0.5, 0.6) is 0 Å². The molecule has 8 heteroatoms. The molecular weight excluding hydrogens is 388 g/mol. The molecule has 1 heterocycles. The number of benzene rings is 2. The Labute approximate surface area is 171 Å². The maximum atomic E-state index is 12.1. The van der Waals surface area contributed by atoms with Crippen LogP contribution in [-0.4, -0.2) is 30.9 Å². The quantitative estimate of drug-likeness (QED) is 0.458. The van der Waals surface area contributed by atoms with Crippen molar-refractivity contribution in [3.63, 3.8) is 0 Å². The molecule has 3 rings (SSSR count). The summed E-state index contributed by atoms with van der Waals surface area (Å²) >= 11 is 0. The first kappa shape index (κ1) is 20.8. The van der Waals surface area contributed by atoms with Crippen LogP contribution in [0.3, 0.4) is 0 Å². The maximum absolute atomic E-state index is 12.1. The molecule has 0 atom stereocenters. The highest BCUT2D eigenvalue weighted by molar-refractivity contribution is 5.96. The van der Waals surface area contributed by atoms with E-state index in [1.54, 1.807) is 36.4 Å². The predicted octanol–water partition coefficient (Wildman–Crippen LogP) is 2.27. The molecule has 0 aliphatic heterocycles. The van der Waals surface area contributed by atoms with E-state index < -0.39 is 30.0 Å². The van der Waals surface area contributed by atoms with Crippen LogP contribution in [-0.2, 0) is 20.7 Å². The van der Waals surface area contributed by atoms with Gasteiger partial charge in [0.15, 0.2) is 6.61 Å². The lowest BCUT2D eigenvalue weighted by molar-refractivity contribution is -0.126. The standard InChI is InChI=1S/C22H20N2O6/c1-2-14-7-3-5-9-17(14)24-19(25)12-23-20(26)13-29-21(27)16-11-15-8-4-6-10-18(15)30-22(16)28/h3-11H,2,12-13H2,1H3,(H,23,26)(H,24,25). The molecular formula is C22H20N2O6. The molecule has 0 spiro atoms. The largest absolute Gasteiger partial charge is 0.452 e. The summed E-state index contributed by atoms with van der Waals surface area (Å²) in [6.45, 7) is 1.05. The van der Waals surface area contributed by atoms with E-state index in [0.717, 1.165) is 12.0 Å². The Morgan fingerprint density at radius 1 is 1.00 bits per heavy atom. The molecule has 0 saturated carbocycles. The van der Waals surface area contributed by atoms with Gasteiger partial charge in [-0.05, 0) is 30.2 Å². The lowest BCUT2D eigenvalue weighted by atomic mass is 10.1. The zero-order chi connectivity index (χ0) is 21.5. The summed E-state index contributed by atoms with van der Waals surface area (Å²) in [4.78, 5) is 48.0. The Balaban J connectivity index is 1.51. The third-order valence-electron chi connectivity index (χ3n) is 4.31. The summed E-state index contributed by atoms with van der Waals surface area (Å²) in [6, 6.07) is 15.4. The minimum Gasteiger partial charge on any atom is -0.452 e. The molecule has 154 valence electrons. The van der Waals surface area contributed by atoms with E-state index in [4.69, 9.17) is 9.15 Å². The number of carbonyl (C=O) groups excluding carboxylic acids is 3. The lowest BCUT2D eigenvalue weighted by Crippen LogP contribution is -2.36. The van der Waals surface area contributed by atoms with Crippen LogP contribution in [0.15, 0.2) is 63.8 Å². The van der Waals surface area contributed by atoms with Crippen LogP contribution in [0.1, 0.15) is 22.8 Å². The van der Waals surface area contributed by atoms with E-state index in [1.807, 2.05) is 19.1 Å². The number of ether oxygens (including phenoxy) is 1. The predicted molar refractivity (Wildman–Crippen MR) is 110 cm³/mol. The Kier molecular flexibility index (Phi) is 6.59. The van der Waals surface area contributed by atoms with Crippen molar-refractivity contribution in [2.75, 3.05) is 18.5 Å². The summed E-state index contributed by atoms with van der Waals surface area (Å²) < 4.78 is 9.93. The van der Waals surface area contributed by atoms with Gasteiger partial charge in [-0.1, -0.05) is 43.3 Å². The van der Waals surface area contributed by atoms with E-state index in [-0.39, 0.29) is 12.1 Å². The van der Waals surface area contributed by atoms with E-state index >= 15 is 0 Å². The number of aryl methyl sites for hydroxylation is 1. The minimum atomic E-state index is -0.981. The van der Waals surface area contributed by atoms with Crippen LogP contribution in [0.25, 0.3) is 11.0 Å². The van der Waals surface area contributed by atoms with Crippen LogP contribution in [0.4, 0.5) is 5.69 Å². The molecule has 30 heavy (non-hydrogen) atoms. The van der Waals surface area contributed by atoms with Gasteiger partial charge in [0.05, 0.1) is 6.54 Å². The smallest absolute Gasteiger partial charge is 0.351 e. The number of amides is 2. The van der Waals surface area contributed by atoms with Crippen molar-refractivity contribution >= 4 is 34.4 Å². The normalized spacial score (nSPS) is 10.4. The number of nitrogens with one attached hydrogen (secondary N) is 2. The van der Waals surface area contributed by atoms with Gasteiger partial charge in [0.2, 0.25) is 5.91 Å². The summed E-state index contributed by atoms with van der Waals surface area (Å²) in [5, 5.41) is 5.63. The number of rotatable bonds is 7. The third kappa shape index (κ3) is 5.11. The lowest BCUT2D eigenvalue weighted by Gasteiger charge is -2.10. The van der Waals surface area contributed by atoms with E-state index in [1.165, 1.54) is 6.07 Å². The molecule has 1 aromatic heterocycles. The molecule has 2 amide bonds. The molecule has 8 nitrogen and oxygen atoms in total. The van der Waals surface area contributed by atoms with E-state index in [0.29, 0.717) is 16.7 Å². The Bertz CT molecular complexity index is 1150. The highest BCUT2D eigenvalue weighted by Crippen LogP contribution is 2.15. The van der Waals surface area contributed by atoms with Crippen LogP contribution in [0, 0.1) is 0 Å². The van der Waals surface area contributed by atoms with Crippen molar-refractivity contribution in [3.8, 4) is 0 Å². The number of hydrogen-bond donors (Lipinski definition) is 2. The summed E-state index contributed by atoms with van der Waals surface area (Å²) in [6.07, 6.45) is 0.752. The highest BCUT2D eigenvalue weighted by atomic mass is 16.5.